The van der Waals surface area contributed by atoms with Crippen LogP contribution >= 0.6 is 0 Å². The lowest BCUT2D eigenvalue weighted by Gasteiger charge is -2.11. The molecule has 0 heterocycles. The number of phenols is 4. The van der Waals surface area contributed by atoms with Gasteiger partial charge in [0.2, 0.25) is 5.75 Å². The van der Waals surface area contributed by atoms with E-state index in [1.165, 1.54) is 6.92 Å². The second kappa shape index (κ2) is 3.02. The molecule has 0 aliphatic heterocycles. The van der Waals surface area contributed by atoms with Crippen molar-refractivity contribution in [2.24, 2.45) is 0 Å². The van der Waals surface area contributed by atoms with Gasteiger partial charge < -0.3 is 25.5 Å². The van der Waals surface area contributed by atoms with Gasteiger partial charge in [-0.2, -0.15) is 0 Å². The number of rotatable bonds is 1. The molecule has 1 aromatic rings. The standard InChI is InChI=1S/C8H10O5/c1-3(9)6-4(10)2-5(11)7(12)8(6)13/h2-3,9-13H,1H3. The van der Waals surface area contributed by atoms with Crippen molar-refractivity contribution in [3.05, 3.63) is 11.6 Å². The van der Waals surface area contributed by atoms with E-state index in [-0.39, 0.29) is 5.56 Å². The lowest BCUT2D eigenvalue weighted by Crippen LogP contribution is -1.92. The maximum atomic E-state index is 9.20. The Morgan fingerprint density at radius 3 is 2.00 bits per heavy atom. The molecule has 0 aromatic heterocycles. The van der Waals surface area contributed by atoms with Gasteiger partial charge in [-0.25, -0.2) is 0 Å². The van der Waals surface area contributed by atoms with Crippen LogP contribution < -0.4 is 0 Å². The van der Waals surface area contributed by atoms with Gasteiger partial charge in [0.25, 0.3) is 0 Å². The molecule has 0 fully saturated rings. The first kappa shape index (κ1) is 9.47. The Morgan fingerprint density at radius 1 is 1.00 bits per heavy atom. The highest BCUT2D eigenvalue weighted by molar-refractivity contribution is 5.59. The van der Waals surface area contributed by atoms with Gasteiger partial charge >= 0.3 is 0 Å². The molecular formula is C8H10O5. The minimum atomic E-state index is -1.13. The Labute approximate surface area is 74.1 Å². The van der Waals surface area contributed by atoms with E-state index in [9.17, 15) is 10.2 Å². The highest BCUT2D eigenvalue weighted by atomic mass is 16.3. The Morgan fingerprint density at radius 2 is 1.54 bits per heavy atom. The molecule has 5 nitrogen and oxygen atoms in total. The molecule has 0 bridgehead atoms. The van der Waals surface area contributed by atoms with Crippen molar-refractivity contribution in [3.8, 4) is 23.0 Å². The van der Waals surface area contributed by atoms with Crippen LogP contribution in [0.2, 0.25) is 0 Å². The number of hydrogen-bond donors (Lipinski definition) is 5. The van der Waals surface area contributed by atoms with Gasteiger partial charge in [-0.15, -0.1) is 0 Å². The smallest absolute Gasteiger partial charge is 0.200 e. The van der Waals surface area contributed by atoms with Gasteiger partial charge in [0.15, 0.2) is 11.5 Å². The third-order valence-electron chi connectivity index (χ3n) is 1.69. The maximum absolute atomic E-state index is 9.20. The summed E-state index contributed by atoms with van der Waals surface area (Å²) in [6.07, 6.45) is -1.13. The van der Waals surface area contributed by atoms with Crippen molar-refractivity contribution < 1.29 is 25.5 Å². The fourth-order valence-electron chi connectivity index (χ4n) is 1.06. The Bertz CT molecular complexity index is 332. The van der Waals surface area contributed by atoms with Crippen molar-refractivity contribution in [2.45, 2.75) is 13.0 Å². The number of aromatic hydroxyl groups is 4. The predicted octanol–water partition coefficient (Wildman–Crippen LogP) is 0.562. The molecule has 5 N–H and O–H groups in total. The molecule has 1 unspecified atom stereocenters. The molecule has 72 valence electrons. The third-order valence-corrected chi connectivity index (χ3v) is 1.69. The predicted molar refractivity (Wildman–Crippen MR) is 43.7 cm³/mol. The highest BCUT2D eigenvalue weighted by Gasteiger charge is 2.19. The summed E-state index contributed by atoms with van der Waals surface area (Å²) >= 11 is 0. The lowest BCUT2D eigenvalue weighted by molar-refractivity contribution is 0.188. The molecule has 1 rings (SSSR count). The van der Waals surface area contributed by atoms with Crippen LogP contribution in [0.5, 0.6) is 23.0 Å². The van der Waals surface area contributed by atoms with Crippen LogP contribution in [-0.2, 0) is 0 Å². The number of hydrogen-bond acceptors (Lipinski definition) is 5. The van der Waals surface area contributed by atoms with E-state index in [4.69, 9.17) is 15.3 Å². The quantitative estimate of drug-likeness (QED) is 0.326. The first-order valence-corrected chi connectivity index (χ1v) is 3.60. The van der Waals surface area contributed by atoms with Crippen molar-refractivity contribution in [1.82, 2.24) is 0 Å². The molecule has 0 amide bonds. The van der Waals surface area contributed by atoms with E-state index in [0.717, 1.165) is 6.07 Å². The third kappa shape index (κ3) is 1.46. The van der Waals surface area contributed by atoms with Crippen LogP contribution in [0.1, 0.15) is 18.6 Å². The Hall–Kier alpha value is -1.62. The van der Waals surface area contributed by atoms with Gasteiger partial charge in [-0.1, -0.05) is 0 Å². The molecule has 0 aliphatic rings. The van der Waals surface area contributed by atoms with E-state index in [1.54, 1.807) is 0 Å². The summed E-state index contributed by atoms with van der Waals surface area (Å²) in [6.45, 7) is 1.31. The monoisotopic (exact) mass is 186 g/mol. The van der Waals surface area contributed by atoms with Crippen molar-refractivity contribution in [1.29, 1.82) is 0 Å². The topological polar surface area (TPSA) is 101 Å². The van der Waals surface area contributed by atoms with Crippen LogP contribution in [0, 0.1) is 0 Å². The zero-order valence-electron chi connectivity index (χ0n) is 6.89. The van der Waals surface area contributed by atoms with Gasteiger partial charge in [-0.05, 0) is 6.92 Å². The Balaban J connectivity index is 3.44. The fraction of sp³-hybridized carbons (Fsp3) is 0.250. The molecular weight excluding hydrogens is 176 g/mol. The summed E-state index contributed by atoms with van der Waals surface area (Å²) < 4.78 is 0. The van der Waals surface area contributed by atoms with E-state index in [2.05, 4.69) is 0 Å². The molecule has 1 aromatic carbocycles. The highest BCUT2D eigenvalue weighted by Crippen LogP contribution is 2.44. The summed E-state index contributed by atoms with van der Waals surface area (Å²) in [5.41, 5.74) is -0.213. The molecule has 0 spiro atoms. The zero-order valence-corrected chi connectivity index (χ0v) is 6.89. The maximum Gasteiger partial charge on any atom is 0.200 e. The summed E-state index contributed by atoms with van der Waals surface area (Å²) in [4.78, 5) is 0. The van der Waals surface area contributed by atoms with Crippen molar-refractivity contribution in [3.63, 3.8) is 0 Å². The number of aliphatic hydroxyl groups is 1. The molecule has 13 heavy (non-hydrogen) atoms. The molecule has 0 saturated heterocycles. The first-order valence-electron chi connectivity index (χ1n) is 3.60. The second-order valence-corrected chi connectivity index (χ2v) is 2.70. The van der Waals surface area contributed by atoms with E-state index in [0.29, 0.717) is 0 Å². The molecule has 0 aliphatic carbocycles. The van der Waals surface area contributed by atoms with Crippen LogP contribution in [0.15, 0.2) is 6.07 Å². The van der Waals surface area contributed by atoms with E-state index in [1.807, 2.05) is 0 Å². The zero-order chi connectivity index (χ0) is 10.2. The number of benzene rings is 1. The van der Waals surface area contributed by atoms with Gasteiger partial charge in [0.1, 0.15) is 5.75 Å². The molecule has 5 heteroatoms. The minimum absolute atomic E-state index is 0.213. The van der Waals surface area contributed by atoms with E-state index >= 15 is 0 Å². The number of phenolic OH excluding ortho intramolecular Hbond substituents is 4. The van der Waals surface area contributed by atoms with Gasteiger partial charge in [0.05, 0.1) is 11.7 Å². The van der Waals surface area contributed by atoms with E-state index < -0.39 is 29.1 Å². The largest absolute Gasteiger partial charge is 0.507 e. The average molecular weight is 186 g/mol. The van der Waals surface area contributed by atoms with Gasteiger partial charge in [-0.3, -0.25) is 0 Å². The lowest BCUT2D eigenvalue weighted by atomic mass is 10.1. The second-order valence-electron chi connectivity index (χ2n) is 2.70. The normalized spacial score (nSPS) is 12.8. The SMILES string of the molecule is CC(O)c1c(O)cc(O)c(O)c1O. The van der Waals surface area contributed by atoms with Crippen LogP contribution in [-0.4, -0.2) is 25.5 Å². The van der Waals surface area contributed by atoms with Gasteiger partial charge in [0, 0.05) is 6.07 Å². The Kier molecular flexibility index (Phi) is 2.20. The van der Waals surface area contributed by atoms with Crippen molar-refractivity contribution in [2.75, 3.05) is 0 Å². The summed E-state index contributed by atoms with van der Waals surface area (Å²) in [7, 11) is 0. The first-order chi connectivity index (χ1) is 5.95. The molecule has 1 atom stereocenters. The fourth-order valence-corrected chi connectivity index (χ4v) is 1.06. The minimum Gasteiger partial charge on any atom is -0.507 e. The summed E-state index contributed by atoms with van der Waals surface area (Å²) in [5, 5.41) is 45.4. The van der Waals surface area contributed by atoms with Crippen LogP contribution in [0.3, 0.4) is 0 Å². The molecule has 0 saturated carbocycles. The van der Waals surface area contributed by atoms with Crippen molar-refractivity contribution >= 4 is 0 Å². The summed E-state index contributed by atoms with van der Waals surface area (Å²) in [6, 6.07) is 0.844. The number of aliphatic hydroxyl groups excluding tert-OH is 1. The van der Waals surface area contributed by atoms with Crippen LogP contribution in [0.25, 0.3) is 0 Å². The summed E-state index contributed by atoms with van der Waals surface area (Å²) in [5.74, 6) is -2.58. The average Bonchev–Trinajstić information content (AvgIpc) is 1.99. The van der Waals surface area contributed by atoms with Crippen LogP contribution in [0.4, 0.5) is 0 Å². The molecule has 0 radical (unpaired) electrons.